The first-order valence-electron chi connectivity index (χ1n) is 7.96. The summed E-state index contributed by atoms with van der Waals surface area (Å²) in [6, 6.07) is 9.35. The Hall–Kier alpha value is -1.84. The molecule has 0 heterocycles. The summed E-state index contributed by atoms with van der Waals surface area (Å²) < 4.78 is 0. The minimum absolute atomic E-state index is 0.103. The van der Waals surface area contributed by atoms with Gasteiger partial charge in [-0.1, -0.05) is 57.0 Å². The third kappa shape index (κ3) is 4.86. The van der Waals surface area contributed by atoms with E-state index in [0.717, 1.165) is 12.8 Å². The van der Waals surface area contributed by atoms with Gasteiger partial charge in [0, 0.05) is 6.42 Å². The van der Waals surface area contributed by atoms with Crippen LogP contribution in [0.15, 0.2) is 30.3 Å². The second kappa shape index (κ2) is 6.95. The fourth-order valence-electron chi connectivity index (χ4n) is 2.63. The van der Waals surface area contributed by atoms with Crippen molar-refractivity contribution in [3.05, 3.63) is 35.9 Å². The molecule has 2 N–H and O–H groups in total. The van der Waals surface area contributed by atoms with Crippen molar-refractivity contribution in [3.63, 3.8) is 0 Å². The second-order valence-electron chi connectivity index (χ2n) is 6.89. The number of carbonyl (C=O) groups is 2. The maximum absolute atomic E-state index is 12.1. The van der Waals surface area contributed by atoms with Crippen molar-refractivity contribution in [2.45, 2.75) is 57.4 Å². The number of rotatable bonds is 8. The van der Waals surface area contributed by atoms with E-state index >= 15 is 0 Å². The molecular formula is C18H25NO3. The summed E-state index contributed by atoms with van der Waals surface area (Å²) in [6.45, 7) is 4.21. The van der Waals surface area contributed by atoms with Crippen LogP contribution in [0.5, 0.6) is 0 Å². The average Bonchev–Trinajstić information content (AvgIpc) is 3.29. The first kappa shape index (κ1) is 16.5. The summed E-state index contributed by atoms with van der Waals surface area (Å²) in [5.41, 5.74) is 1.09. The Morgan fingerprint density at radius 3 is 2.45 bits per heavy atom. The summed E-state index contributed by atoms with van der Waals surface area (Å²) in [6.07, 6.45) is 3.76. The van der Waals surface area contributed by atoms with Crippen LogP contribution in [0.3, 0.4) is 0 Å². The number of carboxylic acid groups (broad SMARTS) is 1. The first-order chi connectivity index (χ1) is 10.4. The molecule has 1 unspecified atom stereocenters. The molecule has 0 radical (unpaired) electrons. The average molecular weight is 303 g/mol. The van der Waals surface area contributed by atoms with Crippen molar-refractivity contribution >= 4 is 11.9 Å². The Morgan fingerprint density at radius 2 is 1.91 bits per heavy atom. The van der Waals surface area contributed by atoms with E-state index in [-0.39, 0.29) is 11.3 Å². The van der Waals surface area contributed by atoms with Crippen molar-refractivity contribution < 1.29 is 14.7 Å². The highest BCUT2D eigenvalue weighted by atomic mass is 16.4. The van der Waals surface area contributed by atoms with Crippen molar-refractivity contribution in [2.75, 3.05) is 0 Å². The first-order valence-corrected chi connectivity index (χ1v) is 7.96. The van der Waals surface area contributed by atoms with Crippen molar-refractivity contribution in [2.24, 2.45) is 5.92 Å². The maximum atomic E-state index is 12.1. The molecule has 1 fully saturated rings. The summed E-state index contributed by atoms with van der Waals surface area (Å²) in [5.74, 6) is -0.623. The van der Waals surface area contributed by atoms with E-state index in [1.54, 1.807) is 0 Å². The Balaban J connectivity index is 1.84. The zero-order chi connectivity index (χ0) is 16.2. The zero-order valence-electron chi connectivity index (χ0n) is 13.3. The lowest BCUT2D eigenvalue weighted by molar-refractivity contribution is -0.142. The highest BCUT2D eigenvalue weighted by Gasteiger charge is 2.30. The number of benzene rings is 1. The van der Waals surface area contributed by atoms with Gasteiger partial charge in [-0.3, -0.25) is 4.79 Å². The fourth-order valence-corrected chi connectivity index (χ4v) is 2.63. The van der Waals surface area contributed by atoms with Crippen LogP contribution in [0, 0.1) is 5.92 Å². The van der Waals surface area contributed by atoms with Crippen LogP contribution in [-0.4, -0.2) is 23.0 Å². The quantitative estimate of drug-likeness (QED) is 0.775. The fraction of sp³-hybridized carbons (Fsp3) is 0.556. The molecule has 1 aromatic rings. The molecule has 0 aliphatic heterocycles. The molecule has 0 spiro atoms. The highest BCUT2D eigenvalue weighted by molar-refractivity contribution is 5.83. The lowest BCUT2D eigenvalue weighted by atomic mass is 9.80. The molecule has 0 saturated heterocycles. The molecule has 1 aromatic carbocycles. The summed E-state index contributed by atoms with van der Waals surface area (Å²) in [7, 11) is 0. The zero-order valence-corrected chi connectivity index (χ0v) is 13.3. The molecular weight excluding hydrogens is 278 g/mol. The monoisotopic (exact) mass is 303 g/mol. The van der Waals surface area contributed by atoms with E-state index in [9.17, 15) is 14.7 Å². The molecule has 1 aliphatic carbocycles. The van der Waals surface area contributed by atoms with E-state index in [1.165, 1.54) is 5.56 Å². The molecule has 4 nitrogen and oxygen atoms in total. The van der Waals surface area contributed by atoms with Crippen LogP contribution in [0.4, 0.5) is 0 Å². The van der Waals surface area contributed by atoms with Gasteiger partial charge in [-0.05, 0) is 29.7 Å². The largest absolute Gasteiger partial charge is 0.480 e. The molecule has 0 aromatic heterocycles. The van der Waals surface area contributed by atoms with Gasteiger partial charge in [-0.2, -0.15) is 0 Å². The smallest absolute Gasteiger partial charge is 0.326 e. The van der Waals surface area contributed by atoms with Gasteiger partial charge in [0.05, 0.1) is 0 Å². The van der Waals surface area contributed by atoms with Gasteiger partial charge in [-0.15, -0.1) is 0 Å². The lowest BCUT2D eigenvalue weighted by Crippen LogP contribution is -2.41. The summed E-state index contributed by atoms with van der Waals surface area (Å²) in [5, 5.41) is 11.9. The Morgan fingerprint density at radius 1 is 1.27 bits per heavy atom. The molecule has 1 atom stereocenters. The van der Waals surface area contributed by atoms with Gasteiger partial charge in [-0.25, -0.2) is 4.79 Å². The maximum Gasteiger partial charge on any atom is 0.326 e. The van der Waals surface area contributed by atoms with Crippen LogP contribution in [0.1, 0.15) is 51.5 Å². The van der Waals surface area contributed by atoms with E-state index < -0.39 is 12.0 Å². The van der Waals surface area contributed by atoms with Gasteiger partial charge in [0.2, 0.25) is 5.91 Å². The molecule has 1 saturated carbocycles. The lowest BCUT2D eigenvalue weighted by Gasteiger charge is -2.25. The third-order valence-electron chi connectivity index (χ3n) is 4.43. The van der Waals surface area contributed by atoms with Crippen molar-refractivity contribution in [3.8, 4) is 0 Å². The normalized spacial score (nSPS) is 16.1. The van der Waals surface area contributed by atoms with E-state index in [0.29, 0.717) is 25.2 Å². The van der Waals surface area contributed by atoms with Crippen LogP contribution in [0.25, 0.3) is 0 Å². The molecule has 4 heteroatoms. The third-order valence-corrected chi connectivity index (χ3v) is 4.43. The number of carboxylic acids is 1. The number of aliphatic carboxylic acids is 1. The van der Waals surface area contributed by atoms with Gasteiger partial charge in [0.1, 0.15) is 6.04 Å². The van der Waals surface area contributed by atoms with E-state index in [1.807, 2.05) is 18.2 Å². The van der Waals surface area contributed by atoms with Gasteiger partial charge < -0.3 is 10.4 Å². The number of nitrogens with one attached hydrogen (secondary N) is 1. The Bertz CT molecular complexity index is 520. The van der Waals surface area contributed by atoms with Crippen LogP contribution < -0.4 is 5.32 Å². The Kier molecular flexibility index (Phi) is 5.22. The number of hydrogen-bond donors (Lipinski definition) is 2. The van der Waals surface area contributed by atoms with Crippen molar-refractivity contribution in [1.82, 2.24) is 5.32 Å². The number of carbonyl (C=O) groups excluding carboxylic acids is 1. The minimum Gasteiger partial charge on any atom is -0.480 e. The van der Waals surface area contributed by atoms with Gasteiger partial charge >= 0.3 is 5.97 Å². The van der Waals surface area contributed by atoms with Crippen LogP contribution >= 0.6 is 0 Å². The minimum atomic E-state index is -0.928. The van der Waals surface area contributed by atoms with E-state index in [2.05, 4.69) is 31.3 Å². The number of hydrogen-bond acceptors (Lipinski definition) is 2. The van der Waals surface area contributed by atoms with Crippen LogP contribution in [-0.2, 0) is 15.0 Å². The summed E-state index contributed by atoms with van der Waals surface area (Å²) >= 11 is 0. The number of amides is 1. The SMILES string of the molecule is CC(C)(CCC(=O)NC(CC1CC1)C(=O)O)c1ccccc1. The molecule has 2 rings (SSSR count). The molecule has 1 aliphatic rings. The van der Waals surface area contributed by atoms with Crippen molar-refractivity contribution in [1.29, 1.82) is 0 Å². The van der Waals surface area contributed by atoms with Crippen LogP contribution in [0.2, 0.25) is 0 Å². The van der Waals surface area contributed by atoms with Gasteiger partial charge in [0.25, 0.3) is 0 Å². The standard InChI is InChI=1S/C18H25NO3/c1-18(2,14-6-4-3-5-7-14)11-10-16(20)19-15(17(21)22)12-13-8-9-13/h3-7,13,15H,8-12H2,1-2H3,(H,19,20)(H,21,22). The molecule has 0 bridgehead atoms. The Labute approximate surface area is 131 Å². The molecule has 120 valence electrons. The molecule has 22 heavy (non-hydrogen) atoms. The van der Waals surface area contributed by atoms with Gasteiger partial charge in [0.15, 0.2) is 0 Å². The van der Waals surface area contributed by atoms with E-state index in [4.69, 9.17) is 0 Å². The predicted molar refractivity (Wildman–Crippen MR) is 85.6 cm³/mol. The second-order valence-corrected chi connectivity index (χ2v) is 6.89. The highest BCUT2D eigenvalue weighted by Crippen LogP contribution is 2.33. The summed E-state index contributed by atoms with van der Waals surface area (Å²) in [4.78, 5) is 23.3. The topological polar surface area (TPSA) is 66.4 Å². The predicted octanol–water partition coefficient (Wildman–Crippen LogP) is 3.11. The molecule has 1 amide bonds.